The minimum Gasteiger partial charge on any atom is -0.454 e. The highest BCUT2D eigenvalue weighted by molar-refractivity contribution is 5.86. The number of ether oxygens (including phenoxy) is 3. The molecule has 3 heterocycles. The lowest BCUT2D eigenvalue weighted by atomic mass is 9.94. The Hall–Kier alpha value is -3.92. The zero-order chi connectivity index (χ0) is 25.2. The molecule has 2 aromatic carbocycles. The Morgan fingerprint density at radius 2 is 2.03 bits per heavy atom. The van der Waals surface area contributed by atoms with Crippen LogP contribution in [0.5, 0.6) is 11.5 Å². The van der Waals surface area contributed by atoms with E-state index in [1.807, 2.05) is 26.8 Å². The molecule has 0 radical (unpaired) electrons. The molecule has 0 aliphatic carbocycles. The summed E-state index contributed by atoms with van der Waals surface area (Å²) in [5.74, 6) is 1.44. The lowest BCUT2D eigenvalue weighted by Gasteiger charge is -2.35. The van der Waals surface area contributed by atoms with E-state index in [-0.39, 0.29) is 24.8 Å². The number of halogens is 1. The van der Waals surface area contributed by atoms with Crippen molar-refractivity contribution < 1.29 is 27.9 Å². The highest BCUT2D eigenvalue weighted by atomic mass is 19.1. The van der Waals surface area contributed by atoms with Gasteiger partial charge in [0.15, 0.2) is 11.5 Å². The Kier molecular flexibility index (Phi) is 6.60. The number of allylic oxidation sites excluding steroid dienone is 1. The van der Waals surface area contributed by atoms with Crippen molar-refractivity contribution in [2.24, 2.45) is 0 Å². The van der Waals surface area contributed by atoms with E-state index in [2.05, 4.69) is 15.5 Å². The summed E-state index contributed by atoms with van der Waals surface area (Å²) in [7, 11) is 0. The van der Waals surface area contributed by atoms with Gasteiger partial charge in [-0.3, -0.25) is 4.90 Å². The van der Waals surface area contributed by atoms with Crippen molar-refractivity contribution >= 4 is 11.6 Å². The zero-order valence-corrected chi connectivity index (χ0v) is 20.3. The predicted molar refractivity (Wildman–Crippen MR) is 129 cm³/mol. The Bertz CT molecular complexity index is 1300. The van der Waals surface area contributed by atoms with E-state index in [1.165, 1.54) is 12.1 Å². The normalized spacial score (nSPS) is 17.2. The maximum Gasteiger partial charge on any atom is 0.322 e. The van der Waals surface area contributed by atoms with Gasteiger partial charge in [0.2, 0.25) is 12.6 Å². The van der Waals surface area contributed by atoms with Gasteiger partial charge >= 0.3 is 6.03 Å². The first kappa shape index (κ1) is 23.8. The number of fused-ring (bicyclic) bond motifs is 1. The fraction of sp³-hybridized carbons (Fsp3) is 0.346. The van der Waals surface area contributed by atoms with Gasteiger partial charge in [-0.05, 0) is 63.1 Å². The third-order valence-corrected chi connectivity index (χ3v) is 6.04. The molecule has 0 saturated heterocycles. The molecule has 1 N–H and O–H groups in total. The fourth-order valence-electron chi connectivity index (χ4n) is 4.29. The van der Waals surface area contributed by atoms with Gasteiger partial charge in [0.25, 0.3) is 5.89 Å². The maximum absolute atomic E-state index is 14.1. The number of urea groups is 1. The highest BCUT2D eigenvalue weighted by Crippen LogP contribution is 2.39. The predicted octanol–water partition coefficient (Wildman–Crippen LogP) is 4.92. The van der Waals surface area contributed by atoms with Crippen LogP contribution in [0.4, 0.5) is 9.18 Å². The molecule has 10 heteroatoms. The van der Waals surface area contributed by atoms with Gasteiger partial charge in [0.05, 0.1) is 17.7 Å². The van der Waals surface area contributed by atoms with Crippen molar-refractivity contribution in [3.63, 3.8) is 0 Å². The van der Waals surface area contributed by atoms with E-state index < -0.39 is 11.9 Å². The molecular formula is C26H27FN4O5. The number of benzene rings is 2. The summed E-state index contributed by atoms with van der Waals surface area (Å²) in [4.78, 5) is 19.3. The molecule has 0 saturated carbocycles. The third kappa shape index (κ3) is 4.76. The monoisotopic (exact) mass is 494 g/mol. The van der Waals surface area contributed by atoms with Crippen LogP contribution in [0.3, 0.4) is 0 Å². The number of nitrogens with zero attached hydrogens (tertiary/aromatic N) is 3. The molecule has 1 atom stereocenters. The molecular weight excluding hydrogens is 467 g/mol. The van der Waals surface area contributed by atoms with Gasteiger partial charge in [-0.15, -0.1) is 0 Å². The van der Waals surface area contributed by atoms with Crippen molar-refractivity contribution in [2.45, 2.75) is 39.3 Å². The Morgan fingerprint density at radius 1 is 1.19 bits per heavy atom. The first-order chi connectivity index (χ1) is 17.4. The Morgan fingerprint density at radius 3 is 2.83 bits per heavy atom. The second-order valence-corrected chi connectivity index (χ2v) is 8.85. The second kappa shape index (κ2) is 9.98. The molecule has 36 heavy (non-hydrogen) atoms. The average molecular weight is 495 g/mol. The van der Waals surface area contributed by atoms with Gasteiger partial charge in [0, 0.05) is 24.4 Å². The van der Waals surface area contributed by atoms with E-state index in [9.17, 15) is 9.18 Å². The minimum atomic E-state index is -0.665. The molecule has 0 bridgehead atoms. The summed E-state index contributed by atoms with van der Waals surface area (Å²) in [5, 5.41) is 7.14. The number of hydrogen-bond acceptors (Lipinski definition) is 7. The number of carbonyl (C=O) groups excluding carboxylic acids is 1. The molecule has 2 aliphatic rings. The Labute approximate surface area is 207 Å². The van der Waals surface area contributed by atoms with Gasteiger partial charge in [-0.25, -0.2) is 9.18 Å². The zero-order valence-electron chi connectivity index (χ0n) is 20.3. The first-order valence-electron chi connectivity index (χ1n) is 11.8. The van der Waals surface area contributed by atoms with E-state index >= 15 is 0 Å². The summed E-state index contributed by atoms with van der Waals surface area (Å²) in [5.41, 5.74) is 2.52. The second-order valence-electron chi connectivity index (χ2n) is 8.85. The van der Waals surface area contributed by atoms with Crippen molar-refractivity contribution in [1.29, 1.82) is 0 Å². The minimum absolute atomic E-state index is 0.109. The van der Waals surface area contributed by atoms with Crippen LogP contribution in [-0.4, -0.2) is 47.1 Å². The number of amides is 2. The summed E-state index contributed by atoms with van der Waals surface area (Å²) < 4.78 is 36.2. The molecule has 1 unspecified atom stereocenters. The molecule has 5 rings (SSSR count). The van der Waals surface area contributed by atoms with Crippen molar-refractivity contribution in [3.05, 3.63) is 65.4 Å². The van der Waals surface area contributed by atoms with E-state index in [1.54, 1.807) is 29.2 Å². The van der Waals surface area contributed by atoms with Gasteiger partial charge in [-0.2, -0.15) is 4.98 Å². The Balaban J connectivity index is 1.50. The topological polar surface area (TPSA) is 98.9 Å². The van der Waals surface area contributed by atoms with E-state index in [4.69, 9.17) is 18.7 Å². The molecule has 3 aromatic rings. The molecule has 9 nitrogen and oxygen atoms in total. The summed E-state index contributed by atoms with van der Waals surface area (Å²) >= 11 is 0. The number of aromatic nitrogens is 2. The lowest BCUT2D eigenvalue weighted by molar-refractivity contribution is 0.0736. The van der Waals surface area contributed by atoms with Crippen molar-refractivity contribution in [1.82, 2.24) is 20.4 Å². The number of hydrogen-bond donors (Lipinski definition) is 1. The first-order valence-corrected chi connectivity index (χ1v) is 11.8. The van der Waals surface area contributed by atoms with Gasteiger partial charge in [0.1, 0.15) is 5.82 Å². The van der Waals surface area contributed by atoms with Crippen LogP contribution in [0.2, 0.25) is 0 Å². The number of carbonyl (C=O) groups is 1. The summed E-state index contributed by atoms with van der Waals surface area (Å²) in [6.07, 6.45) is 0.755. The van der Waals surface area contributed by atoms with Crippen LogP contribution >= 0.6 is 0 Å². The van der Waals surface area contributed by atoms with E-state index in [0.29, 0.717) is 59.3 Å². The summed E-state index contributed by atoms with van der Waals surface area (Å²) in [6, 6.07) is 10.5. The quantitative estimate of drug-likeness (QED) is 0.444. The van der Waals surface area contributed by atoms with Crippen LogP contribution < -0.4 is 14.8 Å². The lowest BCUT2D eigenvalue weighted by Crippen LogP contribution is -2.46. The third-order valence-electron chi connectivity index (χ3n) is 6.04. The van der Waals surface area contributed by atoms with Crippen molar-refractivity contribution in [3.8, 4) is 22.9 Å². The van der Waals surface area contributed by atoms with Crippen LogP contribution in [0.1, 0.15) is 44.7 Å². The highest BCUT2D eigenvalue weighted by Gasteiger charge is 2.35. The number of nitrogens with one attached hydrogen (secondary N) is 1. The smallest absolute Gasteiger partial charge is 0.322 e. The van der Waals surface area contributed by atoms with Gasteiger partial charge in [-0.1, -0.05) is 17.3 Å². The van der Waals surface area contributed by atoms with Crippen molar-refractivity contribution in [2.75, 3.05) is 19.9 Å². The fourth-order valence-corrected chi connectivity index (χ4v) is 4.29. The van der Waals surface area contributed by atoms with Gasteiger partial charge < -0.3 is 24.1 Å². The summed E-state index contributed by atoms with van der Waals surface area (Å²) in [6.45, 7) is 6.88. The average Bonchev–Trinajstić information content (AvgIpc) is 3.52. The van der Waals surface area contributed by atoms with E-state index in [0.717, 1.165) is 0 Å². The standard InChI is InChI=1S/C26H27FN4O5/c1-15(2)33-11-5-10-31-16(3)22(23(28-26(31)32)17-6-4-7-19(27)12-17)25-29-24(30-36-25)18-8-9-20-21(13-18)35-14-34-20/h4,6-9,12-13,15,23H,5,10-11,14H2,1-3H3,(H,28,32). The maximum atomic E-state index is 14.1. The molecule has 2 aliphatic heterocycles. The molecule has 0 spiro atoms. The number of rotatable bonds is 8. The largest absolute Gasteiger partial charge is 0.454 e. The van der Waals surface area contributed by atoms with Crippen LogP contribution in [0, 0.1) is 5.82 Å². The van der Waals surface area contributed by atoms with Crippen LogP contribution in [0.25, 0.3) is 17.0 Å². The molecule has 0 fully saturated rings. The SMILES string of the molecule is CC1=C(c2nc(-c3ccc4c(c3)OCO4)no2)C(c2cccc(F)c2)NC(=O)N1CCCOC(C)C. The molecule has 2 amide bonds. The van der Waals surface area contributed by atoms with Crippen LogP contribution in [0.15, 0.2) is 52.7 Å². The molecule has 188 valence electrons. The molecule has 1 aromatic heterocycles. The van der Waals surface area contributed by atoms with Crippen LogP contribution in [-0.2, 0) is 4.74 Å².